The van der Waals surface area contributed by atoms with Gasteiger partial charge in [-0.1, -0.05) is 0 Å². The second-order valence-corrected chi connectivity index (χ2v) is 2.92. The number of ether oxygens (including phenoxy) is 2. The van der Waals surface area contributed by atoms with Gasteiger partial charge in [0, 0.05) is 36.2 Å². The SMILES string of the molecule is COc1cc(N/C=C/C(=O)O)cc(OC)c1. The largest absolute Gasteiger partial charge is 0.497 e. The van der Waals surface area contributed by atoms with E-state index in [0.717, 1.165) is 6.08 Å². The summed E-state index contributed by atoms with van der Waals surface area (Å²) in [7, 11) is 3.09. The second kappa shape index (κ2) is 5.65. The van der Waals surface area contributed by atoms with Gasteiger partial charge >= 0.3 is 5.97 Å². The van der Waals surface area contributed by atoms with Crippen LogP contribution in [0.15, 0.2) is 30.5 Å². The van der Waals surface area contributed by atoms with Gasteiger partial charge in [0.05, 0.1) is 14.2 Å². The number of carbonyl (C=O) groups is 1. The van der Waals surface area contributed by atoms with Crippen molar-refractivity contribution in [2.45, 2.75) is 0 Å². The third-order valence-corrected chi connectivity index (χ3v) is 1.83. The molecule has 0 saturated carbocycles. The molecule has 2 N–H and O–H groups in total. The summed E-state index contributed by atoms with van der Waals surface area (Å²) in [4.78, 5) is 10.3. The minimum Gasteiger partial charge on any atom is -0.497 e. The van der Waals surface area contributed by atoms with Gasteiger partial charge in [0.25, 0.3) is 0 Å². The number of carboxylic acids is 1. The van der Waals surface area contributed by atoms with Crippen LogP contribution in [0.5, 0.6) is 11.5 Å². The van der Waals surface area contributed by atoms with E-state index in [9.17, 15) is 4.79 Å². The fraction of sp³-hybridized carbons (Fsp3) is 0.182. The Morgan fingerprint density at radius 2 is 1.81 bits per heavy atom. The quantitative estimate of drug-likeness (QED) is 0.744. The lowest BCUT2D eigenvalue weighted by atomic mass is 10.3. The van der Waals surface area contributed by atoms with Gasteiger partial charge in [-0.15, -0.1) is 0 Å². The molecule has 0 aliphatic rings. The molecular formula is C11H13NO4. The Kier molecular flexibility index (Phi) is 4.20. The number of aliphatic carboxylic acids is 1. The van der Waals surface area contributed by atoms with Crippen molar-refractivity contribution in [3.8, 4) is 11.5 Å². The minimum absolute atomic E-state index is 0.630. The summed E-state index contributed by atoms with van der Waals surface area (Å²) in [5, 5.41) is 11.2. The van der Waals surface area contributed by atoms with E-state index in [0.29, 0.717) is 17.2 Å². The Balaban J connectivity index is 2.82. The molecule has 86 valence electrons. The van der Waals surface area contributed by atoms with Crippen LogP contribution >= 0.6 is 0 Å². The highest BCUT2D eigenvalue weighted by atomic mass is 16.5. The molecule has 0 heterocycles. The van der Waals surface area contributed by atoms with Crippen LogP contribution in [0, 0.1) is 0 Å². The molecule has 5 heteroatoms. The van der Waals surface area contributed by atoms with E-state index in [2.05, 4.69) is 5.32 Å². The van der Waals surface area contributed by atoms with Crippen LogP contribution in [0.25, 0.3) is 0 Å². The number of methoxy groups -OCH3 is 2. The third-order valence-electron chi connectivity index (χ3n) is 1.83. The highest BCUT2D eigenvalue weighted by Gasteiger charge is 2.00. The topological polar surface area (TPSA) is 67.8 Å². The molecule has 0 aromatic heterocycles. The van der Waals surface area contributed by atoms with Gasteiger partial charge in [-0.2, -0.15) is 0 Å². The smallest absolute Gasteiger partial charge is 0.329 e. The molecule has 0 fully saturated rings. The molecule has 1 aromatic carbocycles. The Hall–Kier alpha value is -2.17. The number of hydrogen-bond donors (Lipinski definition) is 2. The molecule has 0 spiro atoms. The molecule has 1 aromatic rings. The normalized spacial score (nSPS) is 10.1. The highest BCUT2D eigenvalue weighted by molar-refractivity contribution is 5.80. The first-order chi connectivity index (χ1) is 7.65. The summed E-state index contributed by atoms with van der Waals surface area (Å²) < 4.78 is 10.1. The first kappa shape index (κ1) is 11.9. The van der Waals surface area contributed by atoms with Crippen molar-refractivity contribution in [1.82, 2.24) is 0 Å². The van der Waals surface area contributed by atoms with E-state index in [-0.39, 0.29) is 0 Å². The molecule has 0 radical (unpaired) electrons. The zero-order chi connectivity index (χ0) is 12.0. The van der Waals surface area contributed by atoms with Crippen molar-refractivity contribution < 1.29 is 19.4 Å². The predicted octanol–water partition coefficient (Wildman–Crippen LogP) is 1.71. The van der Waals surface area contributed by atoms with E-state index >= 15 is 0 Å². The van der Waals surface area contributed by atoms with Gasteiger partial charge in [-0.3, -0.25) is 0 Å². The number of hydrogen-bond acceptors (Lipinski definition) is 4. The maximum absolute atomic E-state index is 10.3. The molecule has 0 aliphatic carbocycles. The maximum Gasteiger partial charge on any atom is 0.329 e. The van der Waals surface area contributed by atoms with Crippen molar-refractivity contribution in [2.75, 3.05) is 19.5 Å². The Bertz CT molecular complexity index is 379. The van der Waals surface area contributed by atoms with Gasteiger partial charge in [0.2, 0.25) is 0 Å². The fourth-order valence-electron chi connectivity index (χ4n) is 1.10. The van der Waals surface area contributed by atoms with Crippen LogP contribution in [0.2, 0.25) is 0 Å². The molecule has 0 saturated heterocycles. The first-order valence-corrected chi connectivity index (χ1v) is 4.55. The summed E-state index contributed by atoms with van der Waals surface area (Å²) >= 11 is 0. The van der Waals surface area contributed by atoms with Crippen LogP contribution in [-0.4, -0.2) is 25.3 Å². The van der Waals surface area contributed by atoms with Crippen molar-refractivity contribution in [3.63, 3.8) is 0 Å². The number of anilines is 1. The average molecular weight is 223 g/mol. The van der Waals surface area contributed by atoms with Crippen molar-refractivity contribution in [3.05, 3.63) is 30.5 Å². The molecule has 0 amide bonds. The molecule has 1 rings (SSSR count). The monoisotopic (exact) mass is 223 g/mol. The van der Waals surface area contributed by atoms with Crippen LogP contribution < -0.4 is 14.8 Å². The molecular weight excluding hydrogens is 210 g/mol. The van der Waals surface area contributed by atoms with Gasteiger partial charge in [-0.05, 0) is 0 Å². The van der Waals surface area contributed by atoms with Crippen LogP contribution in [0.1, 0.15) is 0 Å². The van der Waals surface area contributed by atoms with Gasteiger partial charge in [-0.25, -0.2) is 4.79 Å². The molecule has 0 unspecified atom stereocenters. The first-order valence-electron chi connectivity index (χ1n) is 4.55. The van der Waals surface area contributed by atoms with Crippen molar-refractivity contribution in [1.29, 1.82) is 0 Å². The zero-order valence-corrected chi connectivity index (χ0v) is 9.06. The Morgan fingerprint density at radius 1 is 1.25 bits per heavy atom. The maximum atomic E-state index is 10.3. The number of nitrogens with one attached hydrogen (secondary N) is 1. The van der Waals surface area contributed by atoms with Gasteiger partial charge < -0.3 is 19.9 Å². The molecule has 0 atom stereocenters. The van der Waals surface area contributed by atoms with Gasteiger partial charge in [0.15, 0.2) is 0 Å². The fourth-order valence-corrected chi connectivity index (χ4v) is 1.10. The van der Waals surface area contributed by atoms with Crippen molar-refractivity contribution in [2.24, 2.45) is 0 Å². The summed E-state index contributed by atoms with van der Waals surface area (Å²) in [6.45, 7) is 0. The summed E-state index contributed by atoms with van der Waals surface area (Å²) in [5.41, 5.74) is 0.689. The number of rotatable bonds is 5. The van der Waals surface area contributed by atoms with E-state index in [4.69, 9.17) is 14.6 Å². The Labute approximate surface area is 93.3 Å². The van der Waals surface area contributed by atoms with E-state index in [1.807, 2.05) is 0 Å². The van der Waals surface area contributed by atoms with Crippen LogP contribution in [0.3, 0.4) is 0 Å². The van der Waals surface area contributed by atoms with E-state index < -0.39 is 5.97 Å². The van der Waals surface area contributed by atoms with E-state index in [1.54, 1.807) is 32.4 Å². The van der Waals surface area contributed by atoms with E-state index in [1.165, 1.54) is 6.20 Å². The van der Waals surface area contributed by atoms with Crippen LogP contribution in [-0.2, 0) is 4.79 Å². The van der Waals surface area contributed by atoms with Crippen LogP contribution in [0.4, 0.5) is 5.69 Å². The van der Waals surface area contributed by atoms with Crippen molar-refractivity contribution >= 4 is 11.7 Å². The zero-order valence-electron chi connectivity index (χ0n) is 9.06. The highest BCUT2D eigenvalue weighted by Crippen LogP contribution is 2.25. The minimum atomic E-state index is -1.01. The number of carboxylic acid groups (broad SMARTS) is 1. The summed E-state index contributed by atoms with van der Waals surface area (Å²) in [6.07, 6.45) is 2.34. The number of benzene rings is 1. The summed E-state index contributed by atoms with van der Waals surface area (Å²) in [5.74, 6) is 0.249. The summed E-state index contributed by atoms with van der Waals surface area (Å²) in [6, 6.07) is 5.19. The lowest BCUT2D eigenvalue weighted by Gasteiger charge is -2.07. The lowest BCUT2D eigenvalue weighted by molar-refractivity contribution is -0.131. The Morgan fingerprint density at radius 3 is 2.25 bits per heavy atom. The lowest BCUT2D eigenvalue weighted by Crippen LogP contribution is -1.94. The molecule has 0 aliphatic heterocycles. The average Bonchev–Trinajstić information content (AvgIpc) is 2.28. The molecule has 16 heavy (non-hydrogen) atoms. The molecule has 5 nitrogen and oxygen atoms in total. The standard InChI is InChI=1S/C11H13NO4/c1-15-9-5-8(6-10(7-9)16-2)12-4-3-11(13)14/h3-7,12H,1-2H3,(H,13,14)/b4-3+. The molecule has 0 bridgehead atoms. The second-order valence-electron chi connectivity index (χ2n) is 2.92. The predicted molar refractivity (Wildman–Crippen MR) is 59.9 cm³/mol. The van der Waals surface area contributed by atoms with Gasteiger partial charge in [0.1, 0.15) is 11.5 Å². The third kappa shape index (κ3) is 3.53.